The summed E-state index contributed by atoms with van der Waals surface area (Å²) in [7, 11) is 0. The molecule has 0 radical (unpaired) electrons. The number of alkyl halides is 3. The van der Waals surface area contributed by atoms with Crippen LogP contribution in [0.1, 0.15) is 17.5 Å². The minimum absolute atomic E-state index is 0.147. The summed E-state index contributed by atoms with van der Waals surface area (Å²) in [5, 5.41) is 0.134. The molecule has 0 bridgehead atoms. The van der Waals surface area contributed by atoms with Crippen molar-refractivity contribution < 1.29 is 22.0 Å². The number of hydrogen-bond acceptors (Lipinski definition) is 0. The van der Waals surface area contributed by atoms with Gasteiger partial charge in [0.1, 0.15) is 11.6 Å². The van der Waals surface area contributed by atoms with Gasteiger partial charge in [-0.3, -0.25) is 0 Å². The van der Waals surface area contributed by atoms with Crippen molar-refractivity contribution in [3.63, 3.8) is 0 Å². The first-order valence-electron chi connectivity index (χ1n) is 8.00. The molecule has 0 saturated heterocycles. The molecule has 0 atom stereocenters. The Balaban J connectivity index is 2.03. The van der Waals surface area contributed by atoms with Gasteiger partial charge in [0.25, 0.3) is 0 Å². The quantitative estimate of drug-likeness (QED) is 0.349. The maximum Gasteiger partial charge on any atom is 0.419 e. The Labute approximate surface area is 147 Å². The largest absolute Gasteiger partial charge is 0.419 e. The van der Waals surface area contributed by atoms with Crippen LogP contribution in [0.15, 0.2) is 61.2 Å². The molecule has 0 unspecified atom stereocenters. The summed E-state index contributed by atoms with van der Waals surface area (Å²) in [6.45, 7) is 3.63. The van der Waals surface area contributed by atoms with Crippen LogP contribution in [-0.4, -0.2) is 0 Å². The van der Waals surface area contributed by atoms with Gasteiger partial charge in [0.2, 0.25) is 0 Å². The van der Waals surface area contributed by atoms with Crippen LogP contribution in [0.3, 0.4) is 0 Å². The third-order valence-corrected chi connectivity index (χ3v) is 4.24. The molecule has 0 spiro atoms. The van der Waals surface area contributed by atoms with E-state index in [0.29, 0.717) is 23.6 Å². The molecule has 0 nitrogen and oxygen atoms in total. The lowest BCUT2D eigenvalue weighted by Crippen LogP contribution is -2.08. The summed E-state index contributed by atoms with van der Waals surface area (Å²) in [4.78, 5) is 0. The fourth-order valence-corrected chi connectivity index (χ4v) is 2.90. The highest BCUT2D eigenvalue weighted by Gasteiger charge is 2.34. The van der Waals surface area contributed by atoms with Crippen LogP contribution >= 0.6 is 0 Å². The highest BCUT2D eigenvalue weighted by molar-refractivity contribution is 5.88. The van der Waals surface area contributed by atoms with E-state index in [9.17, 15) is 22.0 Å². The summed E-state index contributed by atoms with van der Waals surface area (Å²) in [5.74, 6) is -1.75. The van der Waals surface area contributed by atoms with E-state index in [4.69, 9.17) is 0 Å². The van der Waals surface area contributed by atoms with Crippen LogP contribution in [0.2, 0.25) is 0 Å². The molecule has 0 fully saturated rings. The first-order valence-corrected chi connectivity index (χ1v) is 8.00. The van der Waals surface area contributed by atoms with Gasteiger partial charge in [-0.1, -0.05) is 36.4 Å². The summed E-state index contributed by atoms with van der Waals surface area (Å²) < 4.78 is 67.0. The maximum absolute atomic E-state index is 14.4. The van der Waals surface area contributed by atoms with Gasteiger partial charge in [-0.25, -0.2) is 8.78 Å². The average molecular weight is 362 g/mol. The van der Waals surface area contributed by atoms with Gasteiger partial charge in [0.15, 0.2) is 0 Å². The van der Waals surface area contributed by atoms with Crippen molar-refractivity contribution in [1.29, 1.82) is 0 Å². The Morgan fingerprint density at radius 3 is 2.35 bits per heavy atom. The van der Waals surface area contributed by atoms with E-state index in [1.165, 1.54) is 30.3 Å². The molecular formula is C21H15F5. The number of rotatable bonds is 4. The first-order chi connectivity index (χ1) is 12.3. The Kier molecular flexibility index (Phi) is 4.81. The Morgan fingerprint density at radius 2 is 1.69 bits per heavy atom. The van der Waals surface area contributed by atoms with Crippen molar-refractivity contribution in [3.8, 4) is 11.1 Å². The normalized spacial score (nSPS) is 11.7. The molecule has 0 heterocycles. The van der Waals surface area contributed by atoms with Gasteiger partial charge in [0, 0.05) is 10.9 Å². The van der Waals surface area contributed by atoms with E-state index in [0.717, 1.165) is 12.0 Å². The van der Waals surface area contributed by atoms with Gasteiger partial charge in [0.05, 0.1) is 5.56 Å². The van der Waals surface area contributed by atoms with Crippen molar-refractivity contribution in [2.75, 3.05) is 0 Å². The summed E-state index contributed by atoms with van der Waals surface area (Å²) in [5.41, 5.74) is 0.308. The summed E-state index contributed by atoms with van der Waals surface area (Å²) in [6, 6.07) is 10.9. The number of hydrogen-bond donors (Lipinski definition) is 0. The second-order valence-electron chi connectivity index (χ2n) is 6.00. The van der Waals surface area contributed by atoms with Crippen molar-refractivity contribution in [3.05, 3.63) is 83.9 Å². The van der Waals surface area contributed by atoms with Crippen LogP contribution in [0.4, 0.5) is 22.0 Å². The molecule has 26 heavy (non-hydrogen) atoms. The molecule has 134 valence electrons. The molecular weight excluding hydrogens is 347 g/mol. The van der Waals surface area contributed by atoms with Gasteiger partial charge in [-0.2, -0.15) is 13.2 Å². The van der Waals surface area contributed by atoms with Gasteiger partial charge < -0.3 is 0 Å². The van der Waals surface area contributed by atoms with Gasteiger partial charge >= 0.3 is 6.18 Å². The van der Waals surface area contributed by atoms with Crippen LogP contribution in [0.5, 0.6) is 0 Å². The molecule has 0 saturated carbocycles. The fourth-order valence-electron chi connectivity index (χ4n) is 2.90. The molecule has 3 aromatic rings. The minimum Gasteiger partial charge on any atom is -0.206 e. The molecule has 0 N–H and O–H groups in total. The SMILES string of the molecule is C=CCCc1ccc(-c2ccc3c(F)c(C(F)(F)F)ccc3c2)c(F)c1. The van der Waals surface area contributed by atoms with Gasteiger partial charge in [-0.15, -0.1) is 6.58 Å². The second-order valence-corrected chi connectivity index (χ2v) is 6.00. The Bertz CT molecular complexity index is 970. The second kappa shape index (κ2) is 6.90. The topological polar surface area (TPSA) is 0 Å². The van der Waals surface area contributed by atoms with E-state index in [1.807, 2.05) is 0 Å². The lowest BCUT2D eigenvalue weighted by atomic mass is 9.97. The van der Waals surface area contributed by atoms with E-state index < -0.39 is 23.4 Å². The predicted molar refractivity (Wildman–Crippen MR) is 92.8 cm³/mol. The maximum atomic E-state index is 14.4. The van der Waals surface area contributed by atoms with Crippen molar-refractivity contribution >= 4 is 10.8 Å². The number of benzene rings is 3. The monoisotopic (exact) mass is 362 g/mol. The average Bonchev–Trinajstić information content (AvgIpc) is 2.59. The summed E-state index contributed by atoms with van der Waals surface area (Å²) >= 11 is 0. The van der Waals surface area contributed by atoms with Crippen LogP contribution in [0.25, 0.3) is 21.9 Å². The third-order valence-electron chi connectivity index (χ3n) is 4.24. The first kappa shape index (κ1) is 18.1. The van der Waals surface area contributed by atoms with Crippen LogP contribution in [0, 0.1) is 11.6 Å². The van der Waals surface area contributed by atoms with Crippen molar-refractivity contribution in [2.45, 2.75) is 19.0 Å². The number of allylic oxidation sites excluding steroid dienone is 1. The smallest absolute Gasteiger partial charge is 0.206 e. The summed E-state index contributed by atoms with van der Waals surface area (Å²) in [6.07, 6.45) is -1.61. The van der Waals surface area contributed by atoms with Crippen molar-refractivity contribution in [1.82, 2.24) is 0 Å². The Morgan fingerprint density at radius 1 is 0.923 bits per heavy atom. The Hall–Kier alpha value is -2.69. The van der Waals surface area contributed by atoms with E-state index in [2.05, 4.69) is 6.58 Å². The van der Waals surface area contributed by atoms with Crippen LogP contribution < -0.4 is 0 Å². The highest BCUT2D eigenvalue weighted by Crippen LogP contribution is 2.36. The van der Waals surface area contributed by atoms with Gasteiger partial charge in [-0.05, 0) is 47.6 Å². The molecule has 0 aromatic heterocycles. The van der Waals surface area contributed by atoms with E-state index in [-0.39, 0.29) is 10.8 Å². The predicted octanol–water partition coefficient (Wildman–Crippen LogP) is 6.92. The fraction of sp³-hybridized carbons (Fsp3) is 0.143. The van der Waals surface area contributed by atoms with Crippen LogP contribution in [-0.2, 0) is 12.6 Å². The molecule has 0 aliphatic rings. The molecule has 0 aliphatic heterocycles. The molecule has 3 aromatic carbocycles. The molecule has 0 amide bonds. The lowest BCUT2D eigenvalue weighted by Gasteiger charge is -2.11. The number of halogens is 5. The molecule has 3 rings (SSSR count). The van der Waals surface area contributed by atoms with Crippen molar-refractivity contribution in [2.24, 2.45) is 0 Å². The zero-order valence-electron chi connectivity index (χ0n) is 13.7. The van der Waals surface area contributed by atoms with E-state index >= 15 is 0 Å². The molecule has 5 heteroatoms. The zero-order valence-corrected chi connectivity index (χ0v) is 13.7. The number of aryl methyl sites for hydroxylation is 1. The lowest BCUT2D eigenvalue weighted by molar-refractivity contribution is -0.139. The minimum atomic E-state index is -4.76. The standard InChI is InChI=1S/C21H15F5/c1-2-3-4-13-5-8-16(19(22)11-13)14-6-9-17-15(12-14)7-10-18(20(17)23)21(24,25)26/h2,5-12H,1,3-4H2. The third kappa shape index (κ3) is 3.47. The number of fused-ring (bicyclic) bond motifs is 1. The zero-order chi connectivity index (χ0) is 18.9. The highest BCUT2D eigenvalue weighted by atomic mass is 19.4. The molecule has 0 aliphatic carbocycles. The van der Waals surface area contributed by atoms with E-state index in [1.54, 1.807) is 18.2 Å².